The van der Waals surface area contributed by atoms with Crippen LogP contribution in [-0.4, -0.2) is 31.0 Å². The van der Waals surface area contributed by atoms with Crippen molar-refractivity contribution in [2.45, 2.75) is 0 Å². The predicted molar refractivity (Wildman–Crippen MR) is 39.2 cm³/mol. The largest absolute Gasteiger partial charge is 0.484 e. The van der Waals surface area contributed by atoms with Gasteiger partial charge in [-0.2, -0.15) is 18.3 Å². The molecule has 0 aliphatic carbocycles. The summed E-state index contributed by atoms with van der Waals surface area (Å²) in [5.41, 5.74) is 0. The molecule has 1 N–H and O–H groups in total. The fraction of sp³-hybridized carbons (Fsp3) is 0.429. The Morgan fingerprint density at radius 3 is 1.90 bits per heavy atom. The van der Waals surface area contributed by atoms with E-state index in [1.165, 1.54) is 0 Å². The zero-order valence-electron chi connectivity index (χ0n) is 6.68. The molecule has 0 fully saturated rings. The monoisotopic (exact) mass is 173 g/mol. The molecule has 1 aromatic heterocycles. The SMILES string of the molecule is CN(C)C.[Ti].[c-]1ccc[nH]1. The molecular formula is C7H13N2Ti-. The van der Waals surface area contributed by atoms with Gasteiger partial charge in [0.2, 0.25) is 0 Å². The molecule has 2 nitrogen and oxygen atoms in total. The number of nitrogens with zero attached hydrogens (tertiary/aromatic N) is 1. The zero-order valence-corrected chi connectivity index (χ0v) is 8.24. The first-order valence-electron chi connectivity index (χ1n) is 2.84. The van der Waals surface area contributed by atoms with Crippen molar-refractivity contribution in [3.05, 3.63) is 24.5 Å². The molecule has 1 aromatic rings. The summed E-state index contributed by atoms with van der Waals surface area (Å²) in [4.78, 5) is 4.74. The summed E-state index contributed by atoms with van der Waals surface area (Å²) in [5, 5.41) is 0. The van der Waals surface area contributed by atoms with Gasteiger partial charge < -0.3 is 9.88 Å². The van der Waals surface area contributed by atoms with Gasteiger partial charge in [0, 0.05) is 21.7 Å². The van der Waals surface area contributed by atoms with E-state index in [1.54, 1.807) is 0 Å². The third-order valence-electron chi connectivity index (χ3n) is 0.442. The Hall–Kier alpha value is -0.0457. The van der Waals surface area contributed by atoms with E-state index in [4.69, 9.17) is 0 Å². The van der Waals surface area contributed by atoms with Gasteiger partial charge in [0.15, 0.2) is 0 Å². The topological polar surface area (TPSA) is 19.0 Å². The van der Waals surface area contributed by atoms with Gasteiger partial charge >= 0.3 is 0 Å². The first-order valence-corrected chi connectivity index (χ1v) is 2.84. The molecule has 10 heavy (non-hydrogen) atoms. The molecule has 0 aromatic carbocycles. The summed E-state index contributed by atoms with van der Waals surface area (Å²) < 4.78 is 0. The van der Waals surface area contributed by atoms with Crippen molar-refractivity contribution in [1.82, 2.24) is 9.88 Å². The standard InChI is InChI=1S/C4H4N.C3H9N.Ti/c1-2-4-5-3-1;1-4(2)3;/h1-3,5H;1-3H3;/q-1;;. The third-order valence-corrected chi connectivity index (χ3v) is 0.442. The van der Waals surface area contributed by atoms with Gasteiger partial charge in [-0.05, 0) is 21.1 Å². The van der Waals surface area contributed by atoms with Crippen molar-refractivity contribution in [2.75, 3.05) is 21.1 Å². The molecule has 0 bridgehead atoms. The summed E-state index contributed by atoms with van der Waals surface area (Å²) in [7, 11) is 6.00. The molecule has 0 atom stereocenters. The van der Waals surface area contributed by atoms with Crippen LogP contribution in [0.25, 0.3) is 0 Å². The van der Waals surface area contributed by atoms with E-state index < -0.39 is 0 Å². The smallest absolute Gasteiger partial charge is 0 e. The maximum atomic E-state index is 2.74. The van der Waals surface area contributed by atoms with Gasteiger partial charge in [0.25, 0.3) is 0 Å². The summed E-state index contributed by atoms with van der Waals surface area (Å²) in [6.07, 6.45) is 4.56. The Balaban J connectivity index is 0. The third kappa shape index (κ3) is 15.7. The number of aromatic nitrogens is 1. The van der Waals surface area contributed by atoms with Crippen LogP contribution in [0.15, 0.2) is 18.3 Å². The second-order valence-corrected chi connectivity index (χ2v) is 2.16. The Kier molecular flexibility index (Phi) is 11.3. The zero-order chi connectivity index (χ0) is 7.11. The molecular weight excluding hydrogens is 160 g/mol. The van der Waals surface area contributed by atoms with E-state index in [0.29, 0.717) is 0 Å². The quantitative estimate of drug-likeness (QED) is 0.457. The summed E-state index contributed by atoms with van der Waals surface area (Å²) in [6, 6.07) is 3.71. The van der Waals surface area contributed by atoms with Crippen LogP contribution in [0.3, 0.4) is 0 Å². The fourth-order valence-corrected chi connectivity index (χ4v) is 0.241. The normalized spacial score (nSPS) is 7.60. The number of hydrogen-bond acceptors (Lipinski definition) is 1. The van der Waals surface area contributed by atoms with Crippen LogP contribution >= 0.6 is 0 Å². The van der Waals surface area contributed by atoms with Gasteiger partial charge in [-0.15, -0.1) is 6.20 Å². The number of H-pyrrole nitrogens is 1. The number of hydrogen-bond donors (Lipinski definition) is 1. The number of aromatic amines is 1. The van der Waals surface area contributed by atoms with Gasteiger partial charge in [-0.25, -0.2) is 0 Å². The molecule has 0 unspecified atom stereocenters. The Labute approximate surface area is 77.5 Å². The minimum atomic E-state index is 0. The van der Waals surface area contributed by atoms with E-state index in [2.05, 4.69) is 11.2 Å². The van der Waals surface area contributed by atoms with Crippen molar-refractivity contribution < 1.29 is 21.7 Å². The van der Waals surface area contributed by atoms with Gasteiger partial charge in [0.1, 0.15) is 0 Å². The van der Waals surface area contributed by atoms with Crippen LogP contribution in [0, 0.1) is 6.20 Å². The first kappa shape index (κ1) is 12.6. The minimum absolute atomic E-state index is 0. The van der Waals surface area contributed by atoms with Crippen LogP contribution in [0.5, 0.6) is 0 Å². The Morgan fingerprint density at radius 2 is 1.80 bits per heavy atom. The molecule has 56 valence electrons. The number of rotatable bonds is 0. The van der Waals surface area contributed by atoms with Crippen LogP contribution in [0.2, 0.25) is 0 Å². The van der Waals surface area contributed by atoms with E-state index in [-0.39, 0.29) is 21.7 Å². The van der Waals surface area contributed by atoms with Crippen molar-refractivity contribution in [2.24, 2.45) is 0 Å². The van der Waals surface area contributed by atoms with E-state index in [0.717, 1.165) is 0 Å². The van der Waals surface area contributed by atoms with Gasteiger partial charge in [-0.1, -0.05) is 0 Å². The molecule has 0 saturated heterocycles. The molecule has 0 aliphatic rings. The van der Waals surface area contributed by atoms with E-state index in [9.17, 15) is 0 Å². The molecule has 0 aliphatic heterocycles. The summed E-state index contributed by atoms with van der Waals surface area (Å²) in [6.45, 7) is 0. The van der Waals surface area contributed by atoms with Crippen molar-refractivity contribution in [1.29, 1.82) is 0 Å². The first-order chi connectivity index (χ1) is 4.23. The maximum Gasteiger partial charge on any atom is 0 e. The second kappa shape index (κ2) is 8.95. The molecule has 1 heterocycles. The fourth-order valence-electron chi connectivity index (χ4n) is 0.241. The summed E-state index contributed by atoms with van der Waals surface area (Å²) in [5.74, 6) is 0. The molecule has 0 saturated carbocycles. The number of nitrogens with one attached hydrogen (secondary N) is 1. The summed E-state index contributed by atoms with van der Waals surface area (Å²) >= 11 is 0. The Morgan fingerprint density at radius 1 is 1.30 bits per heavy atom. The van der Waals surface area contributed by atoms with Crippen molar-refractivity contribution in [3.63, 3.8) is 0 Å². The van der Waals surface area contributed by atoms with Crippen LogP contribution in [-0.2, 0) is 21.7 Å². The average molecular weight is 173 g/mol. The van der Waals surface area contributed by atoms with E-state index >= 15 is 0 Å². The van der Waals surface area contributed by atoms with Crippen LogP contribution in [0.4, 0.5) is 0 Å². The van der Waals surface area contributed by atoms with Crippen molar-refractivity contribution in [3.8, 4) is 0 Å². The molecule has 1 rings (SSSR count). The molecule has 0 radical (unpaired) electrons. The second-order valence-electron chi connectivity index (χ2n) is 2.16. The van der Waals surface area contributed by atoms with Crippen molar-refractivity contribution >= 4 is 0 Å². The maximum absolute atomic E-state index is 2.74. The van der Waals surface area contributed by atoms with E-state index in [1.807, 2.05) is 44.4 Å². The van der Waals surface area contributed by atoms with Crippen LogP contribution < -0.4 is 0 Å². The molecule has 0 spiro atoms. The van der Waals surface area contributed by atoms with Crippen LogP contribution in [0.1, 0.15) is 0 Å². The predicted octanol–water partition coefficient (Wildman–Crippen LogP) is 0.990. The molecule has 3 heteroatoms. The average Bonchev–Trinajstić information content (AvgIpc) is 2.11. The molecule has 0 amide bonds. The van der Waals surface area contributed by atoms with Gasteiger partial charge in [0.05, 0.1) is 0 Å². The van der Waals surface area contributed by atoms with Gasteiger partial charge in [-0.3, -0.25) is 0 Å². The Bertz CT molecular complexity index is 95.2. The minimum Gasteiger partial charge on any atom is -0.484 e.